The highest BCUT2D eigenvalue weighted by molar-refractivity contribution is 6.30. The van der Waals surface area contributed by atoms with Gasteiger partial charge in [0.05, 0.1) is 11.1 Å². The van der Waals surface area contributed by atoms with E-state index >= 15 is 0 Å². The maximum Gasteiger partial charge on any atom is 0.239 e. The molecule has 2 heterocycles. The van der Waals surface area contributed by atoms with Crippen LogP contribution in [0.15, 0.2) is 18.3 Å². The number of nitrogens with one attached hydrogen (secondary N) is 1. The number of likely N-dealkylation sites (tertiary alicyclic amines) is 1. The van der Waals surface area contributed by atoms with E-state index in [9.17, 15) is 9.59 Å². The van der Waals surface area contributed by atoms with Crippen molar-refractivity contribution in [3.8, 4) is 0 Å². The van der Waals surface area contributed by atoms with E-state index in [-0.39, 0.29) is 17.7 Å². The molecule has 1 aromatic rings. The Hall–Kier alpha value is -1.66. The molecule has 0 aliphatic carbocycles. The number of carbonyl (C=O) groups is 2. The lowest BCUT2D eigenvalue weighted by molar-refractivity contribution is -0.135. The molecule has 7 heteroatoms. The molecule has 21 heavy (non-hydrogen) atoms. The number of halogens is 1. The van der Waals surface area contributed by atoms with Gasteiger partial charge in [-0.25, -0.2) is 4.98 Å². The molecule has 1 aliphatic heterocycles. The molecule has 0 aromatic carbocycles. The van der Waals surface area contributed by atoms with Crippen LogP contribution in [0.1, 0.15) is 19.8 Å². The summed E-state index contributed by atoms with van der Waals surface area (Å²) in [5.74, 6) is 0.240. The minimum Gasteiger partial charge on any atom is -0.341 e. The molecular formula is C14H19ClN4O2. The number of amides is 2. The second-order valence-electron chi connectivity index (χ2n) is 5.24. The zero-order valence-electron chi connectivity index (χ0n) is 11.9. The number of aromatic nitrogens is 1. The first-order chi connectivity index (χ1) is 9.97. The van der Waals surface area contributed by atoms with E-state index < -0.39 is 6.04 Å². The van der Waals surface area contributed by atoms with E-state index in [4.69, 9.17) is 17.3 Å². The van der Waals surface area contributed by atoms with Crippen LogP contribution in [-0.2, 0) is 9.59 Å². The molecule has 114 valence electrons. The molecule has 1 fully saturated rings. The van der Waals surface area contributed by atoms with Crippen LogP contribution in [0.25, 0.3) is 0 Å². The Morgan fingerprint density at radius 1 is 1.43 bits per heavy atom. The Bertz CT molecular complexity index is 510. The maximum atomic E-state index is 12.2. The number of piperidine rings is 1. The summed E-state index contributed by atoms with van der Waals surface area (Å²) in [4.78, 5) is 29.7. The van der Waals surface area contributed by atoms with Gasteiger partial charge in [-0.3, -0.25) is 9.59 Å². The highest BCUT2D eigenvalue weighted by Gasteiger charge is 2.28. The second kappa shape index (κ2) is 6.87. The highest BCUT2D eigenvalue weighted by atomic mass is 35.5. The monoisotopic (exact) mass is 310 g/mol. The van der Waals surface area contributed by atoms with Gasteiger partial charge in [0.1, 0.15) is 5.82 Å². The summed E-state index contributed by atoms with van der Waals surface area (Å²) in [6, 6.07) is 2.84. The van der Waals surface area contributed by atoms with E-state index in [0.29, 0.717) is 36.8 Å². The topological polar surface area (TPSA) is 88.3 Å². The van der Waals surface area contributed by atoms with Gasteiger partial charge in [-0.1, -0.05) is 11.6 Å². The quantitative estimate of drug-likeness (QED) is 0.879. The average molecular weight is 311 g/mol. The van der Waals surface area contributed by atoms with Crippen molar-refractivity contribution in [2.75, 3.05) is 18.4 Å². The van der Waals surface area contributed by atoms with Crippen molar-refractivity contribution in [2.45, 2.75) is 25.8 Å². The molecule has 0 bridgehead atoms. The van der Waals surface area contributed by atoms with Gasteiger partial charge in [-0.15, -0.1) is 0 Å². The number of carbonyl (C=O) groups excluding carboxylic acids is 2. The van der Waals surface area contributed by atoms with E-state index in [1.807, 2.05) is 0 Å². The first kappa shape index (κ1) is 15.7. The minimum atomic E-state index is -0.492. The lowest BCUT2D eigenvalue weighted by Gasteiger charge is -2.32. The Kier molecular flexibility index (Phi) is 5.14. The van der Waals surface area contributed by atoms with Gasteiger partial charge in [-0.05, 0) is 31.9 Å². The molecule has 1 atom stereocenters. The van der Waals surface area contributed by atoms with Gasteiger partial charge in [0.25, 0.3) is 0 Å². The van der Waals surface area contributed by atoms with Crippen molar-refractivity contribution in [3.05, 3.63) is 23.4 Å². The molecule has 2 rings (SSSR count). The van der Waals surface area contributed by atoms with Gasteiger partial charge in [0.15, 0.2) is 0 Å². The van der Waals surface area contributed by atoms with Crippen molar-refractivity contribution in [1.82, 2.24) is 9.88 Å². The fourth-order valence-corrected chi connectivity index (χ4v) is 2.44. The van der Waals surface area contributed by atoms with Gasteiger partial charge < -0.3 is 16.0 Å². The summed E-state index contributed by atoms with van der Waals surface area (Å²) in [5, 5.41) is 3.29. The maximum absolute atomic E-state index is 12.2. The van der Waals surface area contributed by atoms with Gasteiger partial charge >= 0.3 is 0 Å². The molecule has 6 nitrogen and oxygen atoms in total. The predicted octanol–water partition coefficient (Wildman–Crippen LogP) is 1.26. The number of pyridine rings is 1. The predicted molar refractivity (Wildman–Crippen MR) is 80.8 cm³/mol. The first-order valence-corrected chi connectivity index (χ1v) is 7.32. The summed E-state index contributed by atoms with van der Waals surface area (Å²) in [6.07, 6.45) is 2.76. The Balaban J connectivity index is 1.86. The third kappa shape index (κ3) is 4.15. The van der Waals surface area contributed by atoms with Crippen LogP contribution in [0.5, 0.6) is 0 Å². The van der Waals surface area contributed by atoms with Crippen molar-refractivity contribution >= 4 is 29.2 Å². The van der Waals surface area contributed by atoms with Crippen molar-refractivity contribution in [3.63, 3.8) is 0 Å². The van der Waals surface area contributed by atoms with Gasteiger partial charge in [0, 0.05) is 25.2 Å². The van der Waals surface area contributed by atoms with Crippen molar-refractivity contribution < 1.29 is 9.59 Å². The van der Waals surface area contributed by atoms with Crippen LogP contribution in [0.3, 0.4) is 0 Å². The average Bonchev–Trinajstić information content (AvgIpc) is 2.49. The highest BCUT2D eigenvalue weighted by Crippen LogP contribution is 2.20. The molecule has 2 amide bonds. The van der Waals surface area contributed by atoms with Crippen LogP contribution in [0.2, 0.25) is 5.02 Å². The van der Waals surface area contributed by atoms with Gasteiger partial charge in [0.2, 0.25) is 11.8 Å². The second-order valence-corrected chi connectivity index (χ2v) is 5.68. The third-order valence-electron chi connectivity index (χ3n) is 3.55. The number of hydrogen-bond acceptors (Lipinski definition) is 4. The standard InChI is InChI=1S/C14H19ClN4O2/c1-9(16)14(21)19-6-4-10(5-7-19)13(20)18-12-3-2-11(15)8-17-12/h2-3,8-10H,4-7,16H2,1H3,(H,17,18,20)/t9-/m1/s1. The van der Waals surface area contributed by atoms with Crippen LogP contribution in [-0.4, -0.2) is 40.8 Å². The fraction of sp³-hybridized carbons (Fsp3) is 0.500. The number of rotatable bonds is 3. The van der Waals surface area contributed by atoms with E-state index in [1.54, 1.807) is 24.0 Å². The molecule has 0 unspecified atom stereocenters. The fourth-order valence-electron chi connectivity index (χ4n) is 2.33. The third-order valence-corrected chi connectivity index (χ3v) is 3.77. The summed E-state index contributed by atoms with van der Waals surface area (Å²) >= 11 is 5.75. The number of anilines is 1. The zero-order chi connectivity index (χ0) is 15.4. The molecule has 1 aliphatic rings. The summed E-state index contributed by atoms with van der Waals surface area (Å²) in [7, 11) is 0. The first-order valence-electron chi connectivity index (χ1n) is 6.94. The van der Waals surface area contributed by atoms with Crippen molar-refractivity contribution in [1.29, 1.82) is 0 Å². The van der Waals surface area contributed by atoms with Crippen LogP contribution in [0, 0.1) is 5.92 Å². The van der Waals surface area contributed by atoms with E-state index in [0.717, 1.165) is 0 Å². The summed E-state index contributed by atoms with van der Waals surface area (Å²) in [5.41, 5.74) is 5.59. The lowest BCUT2D eigenvalue weighted by atomic mass is 9.95. The molecule has 0 radical (unpaired) electrons. The molecular weight excluding hydrogens is 292 g/mol. The van der Waals surface area contributed by atoms with Crippen LogP contribution in [0.4, 0.5) is 5.82 Å². The molecule has 0 saturated carbocycles. The van der Waals surface area contributed by atoms with E-state index in [2.05, 4.69) is 10.3 Å². The van der Waals surface area contributed by atoms with Gasteiger partial charge in [-0.2, -0.15) is 0 Å². The minimum absolute atomic E-state index is 0.0618. The smallest absolute Gasteiger partial charge is 0.239 e. The lowest BCUT2D eigenvalue weighted by Crippen LogP contribution is -2.47. The number of nitrogens with two attached hydrogens (primary N) is 1. The van der Waals surface area contributed by atoms with E-state index in [1.165, 1.54) is 6.20 Å². The largest absolute Gasteiger partial charge is 0.341 e. The number of nitrogens with zero attached hydrogens (tertiary/aromatic N) is 2. The van der Waals surface area contributed by atoms with Crippen LogP contribution < -0.4 is 11.1 Å². The SMILES string of the molecule is C[C@@H](N)C(=O)N1CCC(C(=O)Nc2ccc(Cl)cn2)CC1. The Morgan fingerprint density at radius 3 is 2.62 bits per heavy atom. The Labute approximate surface area is 128 Å². The Morgan fingerprint density at radius 2 is 2.10 bits per heavy atom. The van der Waals surface area contributed by atoms with Crippen molar-refractivity contribution in [2.24, 2.45) is 11.7 Å². The summed E-state index contributed by atoms with van der Waals surface area (Å²) < 4.78 is 0. The van der Waals surface area contributed by atoms with Crippen LogP contribution >= 0.6 is 11.6 Å². The molecule has 3 N–H and O–H groups in total. The summed E-state index contributed by atoms with van der Waals surface area (Å²) in [6.45, 7) is 2.80. The zero-order valence-corrected chi connectivity index (χ0v) is 12.6. The normalized spacial score (nSPS) is 17.4. The molecule has 0 spiro atoms. The number of hydrogen-bond donors (Lipinski definition) is 2. The molecule has 1 aromatic heterocycles. The molecule has 1 saturated heterocycles.